The molecule has 0 aliphatic carbocycles. The fraction of sp³-hybridized carbons (Fsp3) is 0.130. The van der Waals surface area contributed by atoms with Gasteiger partial charge in [0, 0.05) is 43.9 Å². The average molecular weight is 1570 g/mol. The molecule has 0 atom stereocenters. The average Bonchev–Trinajstić information content (AvgIpc) is 1.54. The number of rotatable bonds is 8. The van der Waals surface area contributed by atoms with E-state index in [2.05, 4.69) is 0 Å². The van der Waals surface area contributed by atoms with E-state index in [1.807, 2.05) is 6.07 Å². The molecule has 0 N–H and O–H groups in total. The number of alkyl halides is 30. The molecule has 13 rings (SSSR count). The highest BCUT2D eigenvalue weighted by Crippen LogP contribution is 2.52. The number of halogens is 30. The molecule has 0 aliphatic rings. The maximum absolute atomic E-state index is 15.3. The van der Waals surface area contributed by atoms with E-state index in [0.29, 0.717) is 42.5 Å². The molecule has 0 bridgehead atoms. The number of hydrogen-bond acceptors (Lipinski definition) is 1. The SMILES string of the molecule is N#Cc1ccc(-n2c3ccc(-c4cc(C(F)(F)F)cc(C(F)(F)F)c4)cc3c3cc(-c4cc(C(F)(F)F)cc(C(F)(F)F)c4)ccc32)cc1-c1cc(-c2c(C(F)(F)F)cccc2C(F)(F)F)ccc1-n1c2ccc(-c3cc(C(F)(F)F)cc(C(F)(F)F)c3)cc2c2cc(-c3cc(C(F)(F)F)cc(C(F)(F)F)c3)ccc21. The zero-order valence-electron chi connectivity index (χ0n) is 53.7. The molecule has 0 amide bonds. The van der Waals surface area contributed by atoms with E-state index in [9.17, 15) is 111 Å². The van der Waals surface area contributed by atoms with E-state index in [1.54, 1.807) is 0 Å². The Bertz CT molecular complexity index is 5520. The van der Waals surface area contributed by atoms with Crippen LogP contribution in [0.3, 0.4) is 0 Å². The van der Waals surface area contributed by atoms with Gasteiger partial charge >= 0.3 is 61.8 Å². The van der Waals surface area contributed by atoms with Crippen molar-refractivity contribution in [2.24, 2.45) is 0 Å². The standard InChI is InChI=1S/C77H33F30N3/c78-68(79,80)45-16-41(17-46(29-45)69(81,82)83)35-5-11-62-56(24-35)57-25-36(42-18-47(70(84,85)86)30-48(19-42)71(87,88)89)6-12-63(57)109(62)53-10-4-40(34-108)54(33-53)55-28-39(67-60(76(102,103)104)2-1-3-61(67)77(105,106)107)9-15-64(55)110-65-13-7-37(43-20-49(72(90,91)92)31-50(21-43)73(93,94)95)26-58(65)59-27-38(8-14-66(59)110)44-22-51(74(96,97)98)32-52(23-44)75(99,100)101/h1-33H. The zero-order chi connectivity index (χ0) is 80.2. The summed E-state index contributed by atoms with van der Waals surface area (Å²) in [7, 11) is 0. The molecule has 0 saturated carbocycles. The van der Waals surface area contributed by atoms with Gasteiger partial charge in [-0.05, 0) is 214 Å². The van der Waals surface area contributed by atoms with Crippen molar-refractivity contribution in [3.63, 3.8) is 0 Å². The van der Waals surface area contributed by atoms with E-state index < -0.39 is 195 Å². The van der Waals surface area contributed by atoms with Gasteiger partial charge in [-0.1, -0.05) is 36.4 Å². The third kappa shape index (κ3) is 14.5. The van der Waals surface area contributed by atoms with Gasteiger partial charge in [-0.25, -0.2) is 0 Å². The van der Waals surface area contributed by atoms with E-state index in [0.717, 1.165) is 102 Å². The largest absolute Gasteiger partial charge is 0.417 e. The zero-order valence-corrected chi connectivity index (χ0v) is 53.7. The fourth-order valence-corrected chi connectivity index (χ4v) is 13.2. The number of aromatic nitrogens is 2. The molecule has 0 aliphatic heterocycles. The van der Waals surface area contributed by atoms with Crippen molar-refractivity contribution in [2.75, 3.05) is 0 Å². The monoisotopic (exact) mass is 1570 g/mol. The van der Waals surface area contributed by atoms with Gasteiger partial charge in [0.1, 0.15) is 0 Å². The highest BCUT2D eigenvalue weighted by Gasteiger charge is 2.44. The summed E-state index contributed by atoms with van der Waals surface area (Å²) >= 11 is 0. The Kier molecular flexibility index (Phi) is 18.0. The first-order chi connectivity index (χ1) is 50.7. The summed E-state index contributed by atoms with van der Waals surface area (Å²) in [6.45, 7) is 0. The van der Waals surface area contributed by atoms with Gasteiger partial charge in [-0.15, -0.1) is 0 Å². The molecule has 0 unspecified atom stereocenters. The van der Waals surface area contributed by atoms with Gasteiger partial charge in [0.05, 0.1) is 95.0 Å². The lowest BCUT2D eigenvalue weighted by Gasteiger charge is -2.22. The summed E-state index contributed by atoms with van der Waals surface area (Å²) in [6, 6.07) is 21.3. The van der Waals surface area contributed by atoms with Crippen molar-refractivity contribution in [3.8, 4) is 84.2 Å². The summed E-state index contributed by atoms with van der Waals surface area (Å²) < 4.78 is 440. The predicted molar refractivity (Wildman–Crippen MR) is 342 cm³/mol. The minimum atomic E-state index is -5.64. The Morgan fingerprint density at radius 1 is 0.227 bits per heavy atom. The lowest BCUT2D eigenvalue weighted by Crippen LogP contribution is -2.14. The second kappa shape index (κ2) is 25.8. The molecule has 2 heterocycles. The second-order valence-electron chi connectivity index (χ2n) is 25.1. The van der Waals surface area contributed by atoms with Crippen LogP contribution in [0.25, 0.3) is 122 Å². The Balaban J connectivity index is 1.14. The topological polar surface area (TPSA) is 33.6 Å². The molecule has 13 aromatic rings. The molecular formula is C77H33F30N3. The molecule has 2 aromatic heterocycles. The van der Waals surface area contributed by atoms with Gasteiger partial charge < -0.3 is 9.13 Å². The van der Waals surface area contributed by atoms with E-state index in [1.165, 1.54) is 4.57 Å². The van der Waals surface area contributed by atoms with Crippen molar-refractivity contribution in [3.05, 3.63) is 261 Å². The first-order valence-electron chi connectivity index (χ1n) is 31.1. The maximum atomic E-state index is 15.3. The second-order valence-corrected chi connectivity index (χ2v) is 25.1. The number of nitriles is 1. The fourth-order valence-electron chi connectivity index (χ4n) is 13.2. The van der Waals surface area contributed by atoms with Gasteiger partial charge in [-0.3, -0.25) is 0 Å². The van der Waals surface area contributed by atoms with Gasteiger partial charge in [0.25, 0.3) is 0 Å². The van der Waals surface area contributed by atoms with Crippen LogP contribution < -0.4 is 0 Å². The minimum Gasteiger partial charge on any atom is -0.309 e. The summed E-state index contributed by atoms with van der Waals surface area (Å²) in [5.74, 6) is 0. The Morgan fingerprint density at radius 2 is 0.500 bits per heavy atom. The number of hydrogen-bond donors (Lipinski definition) is 0. The van der Waals surface area contributed by atoms with Crippen molar-refractivity contribution < 1.29 is 132 Å². The lowest BCUT2D eigenvalue weighted by molar-refractivity contribution is -0.144. The Morgan fingerprint density at radius 3 is 0.764 bits per heavy atom. The van der Waals surface area contributed by atoms with Crippen molar-refractivity contribution in [1.82, 2.24) is 9.13 Å². The van der Waals surface area contributed by atoms with E-state index >= 15 is 26.3 Å². The third-order valence-corrected chi connectivity index (χ3v) is 18.1. The quantitative estimate of drug-likeness (QED) is 0.140. The summed E-state index contributed by atoms with van der Waals surface area (Å²) in [5.41, 5.74) is -29.9. The van der Waals surface area contributed by atoms with Crippen molar-refractivity contribution in [1.29, 1.82) is 5.26 Å². The summed E-state index contributed by atoms with van der Waals surface area (Å²) in [5, 5.41) is 9.83. The maximum Gasteiger partial charge on any atom is 0.417 e. The van der Waals surface area contributed by atoms with Crippen LogP contribution >= 0.6 is 0 Å². The molecule has 11 aromatic carbocycles. The first-order valence-corrected chi connectivity index (χ1v) is 31.1. The Labute approximate surface area is 595 Å². The highest BCUT2D eigenvalue weighted by atomic mass is 19.4. The van der Waals surface area contributed by atoms with Crippen LogP contribution in [0, 0.1) is 11.3 Å². The van der Waals surface area contributed by atoms with Crippen LogP contribution in [0.15, 0.2) is 200 Å². The van der Waals surface area contributed by atoms with Gasteiger partial charge in [-0.2, -0.15) is 137 Å². The molecule has 566 valence electrons. The third-order valence-electron chi connectivity index (χ3n) is 18.1. The van der Waals surface area contributed by atoms with Crippen LogP contribution in [0.1, 0.15) is 61.2 Å². The van der Waals surface area contributed by atoms with E-state index in [4.69, 9.17) is 0 Å². The van der Waals surface area contributed by atoms with E-state index in [-0.39, 0.29) is 110 Å². The number of benzene rings is 11. The van der Waals surface area contributed by atoms with Gasteiger partial charge in [0.15, 0.2) is 0 Å². The summed E-state index contributed by atoms with van der Waals surface area (Å²) in [6.07, 6.45) is -55.0. The molecule has 33 heteroatoms. The van der Waals surface area contributed by atoms with Crippen LogP contribution in [0.5, 0.6) is 0 Å². The van der Waals surface area contributed by atoms with Crippen LogP contribution in [-0.4, -0.2) is 9.13 Å². The van der Waals surface area contributed by atoms with Gasteiger partial charge in [0.2, 0.25) is 0 Å². The van der Waals surface area contributed by atoms with Crippen LogP contribution in [-0.2, 0) is 61.8 Å². The Hall–Kier alpha value is -11.6. The van der Waals surface area contributed by atoms with Crippen molar-refractivity contribution >= 4 is 43.6 Å². The molecule has 0 saturated heterocycles. The smallest absolute Gasteiger partial charge is 0.309 e. The van der Waals surface area contributed by atoms with Crippen LogP contribution in [0.4, 0.5) is 132 Å². The number of nitrogens with zero attached hydrogens (tertiary/aromatic N) is 3. The molecule has 0 spiro atoms. The summed E-state index contributed by atoms with van der Waals surface area (Å²) in [4.78, 5) is 0. The molecular weight excluding hydrogens is 1540 g/mol. The minimum absolute atomic E-state index is 0.206. The molecule has 0 fully saturated rings. The molecule has 110 heavy (non-hydrogen) atoms. The predicted octanol–water partition coefficient (Wildman–Crippen LogP) is 27.9. The normalized spacial score (nSPS) is 13.4. The highest BCUT2D eigenvalue weighted by molar-refractivity contribution is 6.14. The number of fused-ring (bicyclic) bond motifs is 6. The van der Waals surface area contributed by atoms with Crippen LogP contribution in [0.2, 0.25) is 0 Å². The molecule has 0 radical (unpaired) electrons. The lowest BCUT2D eigenvalue weighted by atomic mass is 9.89. The molecule has 3 nitrogen and oxygen atoms in total. The first kappa shape index (κ1) is 76.6. The van der Waals surface area contributed by atoms with Crippen molar-refractivity contribution in [2.45, 2.75) is 61.8 Å².